The maximum absolute atomic E-state index is 7.33. The highest BCUT2D eigenvalue weighted by Gasteiger charge is 2.17. The molecule has 0 spiro atoms. The molecular formula is C15H17N3. The van der Waals surface area contributed by atoms with E-state index in [0.29, 0.717) is 0 Å². The molecule has 3 heteroatoms. The third kappa shape index (κ3) is 1.92. The average Bonchev–Trinajstić information content (AvgIpc) is 2.73. The Kier molecular flexibility index (Phi) is 3.22. The number of benzene rings is 1. The number of nitrogens with one attached hydrogen (secondary N) is 1. The molecule has 0 aliphatic heterocycles. The van der Waals surface area contributed by atoms with Crippen molar-refractivity contribution in [3.8, 4) is 12.3 Å². The van der Waals surface area contributed by atoms with Gasteiger partial charge in [0.1, 0.15) is 0 Å². The number of terminal acetylenes is 1. The number of aryl methyl sites for hydroxylation is 1. The van der Waals surface area contributed by atoms with E-state index >= 15 is 0 Å². The topological polar surface area (TPSA) is 54.8 Å². The van der Waals surface area contributed by atoms with Crippen molar-refractivity contribution in [3.63, 3.8) is 0 Å². The molecule has 2 atom stereocenters. The molecule has 0 fully saturated rings. The van der Waals surface area contributed by atoms with E-state index < -0.39 is 0 Å². The summed E-state index contributed by atoms with van der Waals surface area (Å²) in [5, 5.41) is 8.44. The van der Waals surface area contributed by atoms with E-state index in [1.807, 2.05) is 42.9 Å². The molecule has 1 aromatic carbocycles. The summed E-state index contributed by atoms with van der Waals surface area (Å²) in [4.78, 5) is 0. The van der Waals surface area contributed by atoms with Crippen LogP contribution in [0, 0.1) is 23.7 Å². The van der Waals surface area contributed by atoms with Crippen LogP contribution in [0.15, 0.2) is 24.4 Å². The van der Waals surface area contributed by atoms with Gasteiger partial charge in [-0.25, -0.2) is 0 Å². The van der Waals surface area contributed by atoms with Gasteiger partial charge in [-0.15, -0.1) is 6.42 Å². The van der Waals surface area contributed by atoms with E-state index in [0.717, 1.165) is 22.0 Å². The average molecular weight is 239 g/mol. The molecule has 92 valence electrons. The Hall–Kier alpha value is -2.05. The summed E-state index contributed by atoms with van der Waals surface area (Å²) in [6.45, 7) is 1.95. The van der Waals surface area contributed by atoms with Crippen molar-refractivity contribution in [2.75, 3.05) is 0 Å². The van der Waals surface area contributed by atoms with Crippen molar-refractivity contribution in [1.82, 2.24) is 4.57 Å². The van der Waals surface area contributed by atoms with Crippen molar-refractivity contribution in [2.45, 2.75) is 13.0 Å². The molecule has 0 radical (unpaired) electrons. The highest BCUT2D eigenvalue weighted by atomic mass is 14.9. The van der Waals surface area contributed by atoms with Gasteiger partial charge in [-0.3, -0.25) is 0 Å². The second-order valence-corrected chi connectivity index (χ2v) is 4.62. The summed E-state index contributed by atoms with van der Waals surface area (Å²) in [5.74, 6) is 2.65. The lowest BCUT2D eigenvalue weighted by atomic mass is 9.96. The van der Waals surface area contributed by atoms with Gasteiger partial charge in [-0.05, 0) is 23.9 Å². The predicted octanol–water partition coefficient (Wildman–Crippen LogP) is 2.45. The number of nitrogens with two attached hydrogens (primary N) is 1. The number of fused-ring (bicyclic) bond motifs is 1. The van der Waals surface area contributed by atoms with Gasteiger partial charge in [0, 0.05) is 41.7 Å². The quantitative estimate of drug-likeness (QED) is 0.627. The summed E-state index contributed by atoms with van der Waals surface area (Å²) < 4.78 is 2.03. The van der Waals surface area contributed by atoms with Crippen LogP contribution in [0.1, 0.15) is 24.1 Å². The largest absolute Gasteiger partial charge is 0.350 e. The Balaban J connectivity index is 2.61. The van der Waals surface area contributed by atoms with E-state index in [4.69, 9.17) is 17.6 Å². The Bertz CT molecular complexity index is 631. The first-order valence-corrected chi connectivity index (χ1v) is 5.90. The number of hydrogen-bond acceptors (Lipinski definition) is 2. The smallest absolute Gasteiger partial charge is 0.0493 e. The first kappa shape index (κ1) is 12.4. The highest BCUT2D eigenvalue weighted by Crippen LogP contribution is 2.28. The van der Waals surface area contributed by atoms with E-state index in [9.17, 15) is 0 Å². The van der Waals surface area contributed by atoms with Crippen LogP contribution in [0.2, 0.25) is 0 Å². The van der Waals surface area contributed by atoms with Crippen molar-refractivity contribution < 1.29 is 0 Å². The van der Waals surface area contributed by atoms with Crippen LogP contribution in [-0.2, 0) is 7.05 Å². The van der Waals surface area contributed by atoms with Gasteiger partial charge in [-0.1, -0.05) is 18.9 Å². The molecule has 0 aliphatic carbocycles. The van der Waals surface area contributed by atoms with Gasteiger partial charge < -0.3 is 15.7 Å². The lowest BCUT2D eigenvalue weighted by Gasteiger charge is -2.14. The normalized spacial score (nSPS) is 14.1. The molecule has 1 aromatic heterocycles. The minimum atomic E-state index is -0.164. The highest BCUT2D eigenvalue weighted by molar-refractivity contribution is 5.86. The van der Waals surface area contributed by atoms with Crippen LogP contribution >= 0.6 is 0 Å². The minimum Gasteiger partial charge on any atom is -0.350 e. The molecule has 0 saturated carbocycles. The molecule has 3 N–H and O–H groups in total. The van der Waals surface area contributed by atoms with Crippen molar-refractivity contribution >= 4 is 17.1 Å². The predicted molar refractivity (Wildman–Crippen MR) is 75.7 cm³/mol. The second-order valence-electron chi connectivity index (χ2n) is 4.62. The Morgan fingerprint density at radius 1 is 1.50 bits per heavy atom. The third-order valence-corrected chi connectivity index (χ3v) is 3.38. The third-order valence-electron chi connectivity index (χ3n) is 3.38. The molecular weight excluding hydrogens is 222 g/mol. The number of aromatic nitrogens is 1. The van der Waals surface area contributed by atoms with Gasteiger partial charge in [0.25, 0.3) is 0 Å². The van der Waals surface area contributed by atoms with E-state index in [1.165, 1.54) is 6.21 Å². The standard InChI is InChI=1S/C15H17N3/c1-4-11-5-6-12-13(15(17)10(2)8-16)9-18(3)14(12)7-11/h1,5-10,15-16H,17H2,2-3H3. The summed E-state index contributed by atoms with van der Waals surface area (Å²) in [7, 11) is 1.98. The fraction of sp³-hybridized carbons (Fsp3) is 0.267. The Morgan fingerprint density at radius 2 is 2.22 bits per heavy atom. The molecule has 18 heavy (non-hydrogen) atoms. The van der Waals surface area contributed by atoms with Gasteiger partial charge >= 0.3 is 0 Å². The maximum Gasteiger partial charge on any atom is 0.0493 e. The zero-order chi connectivity index (χ0) is 13.3. The first-order chi connectivity index (χ1) is 8.58. The summed E-state index contributed by atoms with van der Waals surface area (Å²) in [5.41, 5.74) is 9.20. The fourth-order valence-electron chi connectivity index (χ4n) is 2.16. The first-order valence-electron chi connectivity index (χ1n) is 5.90. The SMILES string of the molecule is C#Cc1ccc2c(C(N)C(C)C=N)cn(C)c2c1. The van der Waals surface area contributed by atoms with Gasteiger partial charge in [0.2, 0.25) is 0 Å². The zero-order valence-corrected chi connectivity index (χ0v) is 10.6. The number of hydrogen-bond donors (Lipinski definition) is 2. The summed E-state index contributed by atoms with van der Waals surface area (Å²) >= 11 is 0. The zero-order valence-electron chi connectivity index (χ0n) is 10.6. The van der Waals surface area contributed by atoms with Crippen LogP contribution in [0.25, 0.3) is 10.9 Å². The fourth-order valence-corrected chi connectivity index (χ4v) is 2.16. The monoisotopic (exact) mass is 239 g/mol. The molecule has 2 unspecified atom stereocenters. The Labute approximate surface area is 107 Å². The van der Waals surface area contributed by atoms with E-state index in [1.54, 1.807) is 0 Å². The van der Waals surface area contributed by atoms with Crippen molar-refractivity contribution in [2.24, 2.45) is 18.7 Å². The summed E-state index contributed by atoms with van der Waals surface area (Å²) in [6, 6.07) is 5.76. The van der Waals surface area contributed by atoms with Gasteiger partial charge in [-0.2, -0.15) is 0 Å². The molecule has 1 heterocycles. The number of rotatable bonds is 3. The lowest BCUT2D eigenvalue weighted by molar-refractivity contribution is 0.607. The minimum absolute atomic E-state index is 0.0166. The van der Waals surface area contributed by atoms with Crippen LogP contribution in [0.5, 0.6) is 0 Å². The second kappa shape index (κ2) is 4.67. The van der Waals surface area contributed by atoms with Gasteiger partial charge in [0.15, 0.2) is 0 Å². The molecule has 0 bridgehead atoms. The maximum atomic E-state index is 7.33. The van der Waals surface area contributed by atoms with Crippen LogP contribution in [0.3, 0.4) is 0 Å². The van der Waals surface area contributed by atoms with Crippen LogP contribution in [0.4, 0.5) is 0 Å². The van der Waals surface area contributed by atoms with E-state index in [2.05, 4.69) is 5.92 Å². The molecule has 0 aliphatic rings. The molecule has 2 rings (SSSR count). The molecule has 2 aromatic rings. The van der Waals surface area contributed by atoms with Crippen LogP contribution < -0.4 is 5.73 Å². The molecule has 0 saturated heterocycles. The van der Waals surface area contributed by atoms with E-state index in [-0.39, 0.29) is 12.0 Å². The van der Waals surface area contributed by atoms with Crippen molar-refractivity contribution in [1.29, 1.82) is 5.41 Å². The Morgan fingerprint density at radius 3 is 2.83 bits per heavy atom. The molecule has 0 amide bonds. The molecule has 3 nitrogen and oxygen atoms in total. The van der Waals surface area contributed by atoms with Gasteiger partial charge in [0.05, 0.1) is 0 Å². The van der Waals surface area contributed by atoms with Crippen molar-refractivity contribution in [3.05, 3.63) is 35.5 Å². The number of nitrogens with zero attached hydrogens (tertiary/aromatic N) is 1. The summed E-state index contributed by atoms with van der Waals surface area (Å²) in [6.07, 6.45) is 8.83. The van der Waals surface area contributed by atoms with Crippen LogP contribution in [-0.4, -0.2) is 10.8 Å². The lowest BCUT2D eigenvalue weighted by Crippen LogP contribution is -2.19.